The van der Waals surface area contributed by atoms with Crippen LogP contribution >= 0.6 is 0 Å². The van der Waals surface area contributed by atoms with Gasteiger partial charge < -0.3 is 4.74 Å². The van der Waals surface area contributed by atoms with E-state index in [1.54, 1.807) is 19.1 Å². The van der Waals surface area contributed by atoms with Gasteiger partial charge in [-0.05, 0) is 13.8 Å². The number of esters is 1. The van der Waals surface area contributed by atoms with Gasteiger partial charge in [0.1, 0.15) is 6.61 Å². The van der Waals surface area contributed by atoms with Crippen LogP contribution in [-0.4, -0.2) is 12.6 Å². The molecule has 0 fully saturated rings. The Labute approximate surface area is 61.2 Å². The van der Waals surface area contributed by atoms with Gasteiger partial charge in [-0.2, -0.15) is 0 Å². The fourth-order valence-corrected chi connectivity index (χ4v) is 0.411. The summed E-state index contributed by atoms with van der Waals surface area (Å²) in [7, 11) is 0. The molecule has 0 atom stereocenters. The largest absolute Gasteiger partial charge is 0.458 e. The van der Waals surface area contributed by atoms with E-state index in [0.717, 1.165) is 0 Å². The van der Waals surface area contributed by atoms with Crippen molar-refractivity contribution in [2.75, 3.05) is 6.61 Å². The predicted molar refractivity (Wildman–Crippen MR) is 40.6 cm³/mol. The Balaban J connectivity index is 3.40. The minimum Gasteiger partial charge on any atom is -0.458 e. The molecule has 0 bridgehead atoms. The average molecular weight is 140 g/mol. The van der Waals surface area contributed by atoms with Gasteiger partial charge in [0.2, 0.25) is 0 Å². The maximum Gasteiger partial charge on any atom is 0.330 e. The fraction of sp³-hybridized carbons (Fsp3) is 0.375. The Morgan fingerprint density at radius 1 is 1.40 bits per heavy atom. The first kappa shape index (κ1) is 8.95. The number of hydrogen-bond acceptors (Lipinski definition) is 2. The Bertz CT molecular complexity index is 145. The molecular weight excluding hydrogens is 128 g/mol. The van der Waals surface area contributed by atoms with Crippen LogP contribution in [0, 0.1) is 0 Å². The van der Waals surface area contributed by atoms with Crippen molar-refractivity contribution in [3.63, 3.8) is 0 Å². The highest BCUT2D eigenvalue weighted by Gasteiger charge is 1.90. The normalized spacial score (nSPS) is 11.0. The highest BCUT2D eigenvalue weighted by molar-refractivity contribution is 5.81. The molecule has 10 heavy (non-hydrogen) atoms. The van der Waals surface area contributed by atoms with E-state index >= 15 is 0 Å². The van der Waals surface area contributed by atoms with Crippen molar-refractivity contribution >= 4 is 5.97 Å². The first-order chi connectivity index (χ1) is 4.81. The summed E-state index contributed by atoms with van der Waals surface area (Å²) in [6, 6.07) is 0. The second-order valence-electron chi connectivity index (χ2n) is 1.70. The number of hydrogen-bond donors (Lipinski definition) is 0. The van der Waals surface area contributed by atoms with Crippen LogP contribution in [0.2, 0.25) is 0 Å². The average Bonchev–Trinajstić information content (AvgIpc) is 1.89. The predicted octanol–water partition coefficient (Wildman–Crippen LogP) is 1.68. The molecule has 0 N–H and O–H groups in total. The lowest BCUT2D eigenvalue weighted by molar-refractivity contribution is -0.136. The van der Waals surface area contributed by atoms with Gasteiger partial charge in [0.25, 0.3) is 0 Å². The molecule has 0 saturated carbocycles. The van der Waals surface area contributed by atoms with Crippen LogP contribution in [0.3, 0.4) is 0 Å². The summed E-state index contributed by atoms with van der Waals surface area (Å²) in [4.78, 5) is 10.6. The van der Waals surface area contributed by atoms with Crippen molar-refractivity contribution < 1.29 is 9.53 Å². The summed E-state index contributed by atoms with van der Waals surface area (Å²) in [6.45, 7) is 4.01. The van der Waals surface area contributed by atoms with Gasteiger partial charge in [0.15, 0.2) is 0 Å². The Kier molecular flexibility index (Phi) is 5.44. The van der Waals surface area contributed by atoms with E-state index in [1.165, 1.54) is 6.08 Å². The van der Waals surface area contributed by atoms with Crippen LogP contribution in [0.1, 0.15) is 13.8 Å². The molecule has 0 rings (SSSR count). The van der Waals surface area contributed by atoms with Crippen molar-refractivity contribution in [2.24, 2.45) is 0 Å². The van der Waals surface area contributed by atoms with Crippen LogP contribution in [0.15, 0.2) is 24.3 Å². The van der Waals surface area contributed by atoms with Crippen molar-refractivity contribution in [3.05, 3.63) is 24.3 Å². The summed E-state index contributed by atoms with van der Waals surface area (Å²) in [6.07, 6.45) is 6.66. The number of carbonyl (C=O) groups is 1. The highest BCUT2D eigenvalue weighted by atomic mass is 16.5. The van der Waals surface area contributed by atoms with E-state index < -0.39 is 0 Å². The smallest absolute Gasteiger partial charge is 0.330 e. The van der Waals surface area contributed by atoms with Crippen LogP contribution in [0.5, 0.6) is 0 Å². The SMILES string of the molecule is CC=CCOC(=O)C=CC. The molecule has 0 spiro atoms. The van der Waals surface area contributed by atoms with Gasteiger partial charge in [-0.3, -0.25) is 0 Å². The standard InChI is InChI=1S/C8H12O2/c1-3-5-7-10-8(9)6-4-2/h3-6H,7H2,1-2H3. The monoisotopic (exact) mass is 140 g/mol. The fourth-order valence-electron chi connectivity index (χ4n) is 0.411. The number of carbonyl (C=O) groups excluding carboxylic acids is 1. The molecule has 56 valence electrons. The van der Waals surface area contributed by atoms with Crippen LogP contribution in [0.25, 0.3) is 0 Å². The molecule has 0 aliphatic heterocycles. The van der Waals surface area contributed by atoms with Crippen molar-refractivity contribution in [2.45, 2.75) is 13.8 Å². The Hall–Kier alpha value is -1.05. The molecule has 0 unspecified atom stereocenters. The van der Waals surface area contributed by atoms with Gasteiger partial charge in [0.05, 0.1) is 0 Å². The van der Waals surface area contributed by atoms with Gasteiger partial charge in [-0.25, -0.2) is 4.79 Å². The molecule has 2 nitrogen and oxygen atoms in total. The second kappa shape index (κ2) is 6.08. The quantitative estimate of drug-likeness (QED) is 0.338. The van der Waals surface area contributed by atoms with Crippen molar-refractivity contribution in [3.8, 4) is 0 Å². The highest BCUT2D eigenvalue weighted by Crippen LogP contribution is 1.81. The topological polar surface area (TPSA) is 26.3 Å². The van der Waals surface area contributed by atoms with E-state index in [9.17, 15) is 4.79 Å². The lowest BCUT2D eigenvalue weighted by atomic mass is 10.5. The summed E-state index contributed by atoms with van der Waals surface area (Å²) < 4.78 is 4.71. The first-order valence-corrected chi connectivity index (χ1v) is 3.22. The summed E-state index contributed by atoms with van der Waals surface area (Å²) in [5, 5.41) is 0. The van der Waals surface area contributed by atoms with E-state index in [4.69, 9.17) is 4.74 Å². The van der Waals surface area contributed by atoms with E-state index in [2.05, 4.69) is 0 Å². The lowest BCUT2D eigenvalue weighted by Gasteiger charge is -1.93. The van der Waals surface area contributed by atoms with Crippen molar-refractivity contribution in [1.29, 1.82) is 0 Å². The molecule has 0 aromatic rings. The van der Waals surface area contributed by atoms with E-state index in [1.807, 2.05) is 13.0 Å². The van der Waals surface area contributed by atoms with Crippen LogP contribution < -0.4 is 0 Å². The summed E-state index contributed by atoms with van der Waals surface area (Å²) in [5.41, 5.74) is 0. The van der Waals surface area contributed by atoms with Gasteiger partial charge in [-0.15, -0.1) is 0 Å². The van der Waals surface area contributed by atoms with Crippen molar-refractivity contribution in [1.82, 2.24) is 0 Å². The maximum atomic E-state index is 10.6. The Morgan fingerprint density at radius 3 is 2.60 bits per heavy atom. The van der Waals surface area contributed by atoms with E-state index in [-0.39, 0.29) is 5.97 Å². The van der Waals surface area contributed by atoms with Gasteiger partial charge in [-0.1, -0.05) is 18.2 Å². The molecule has 2 heteroatoms. The zero-order valence-electron chi connectivity index (χ0n) is 6.33. The third kappa shape index (κ3) is 5.09. The molecular formula is C8H12O2. The molecule has 0 radical (unpaired) electrons. The molecule has 0 heterocycles. The second-order valence-corrected chi connectivity index (χ2v) is 1.70. The third-order valence-corrected chi connectivity index (χ3v) is 0.860. The Morgan fingerprint density at radius 2 is 2.10 bits per heavy atom. The minimum absolute atomic E-state index is 0.291. The van der Waals surface area contributed by atoms with Gasteiger partial charge in [0, 0.05) is 6.08 Å². The number of rotatable bonds is 3. The molecule has 0 aromatic heterocycles. The zero-order chi connectivity index (χ0) is 7.82. The first-order valence-electron chi connectivity index (χ1n) is 3.22. The minimum atomic E-state index is -0.291. The molecule has 0 amide bonds. The molecule has 0 aromatic carbocycles. The van der Waals surface area contributed by atoms with Crippen LogP contribution in [0.4, 0.5) is 0 Å². The number of ether oxygens (including phenoxy) is 1. The maximum absolute atomic E-state index is 10.6. The van der Waals surface area contributed by atoms with Gasteiger partial charge >= 0.3 is 5.97 Å². The zero-order valence-corrected chi connectivity index (χ0v) is 6.33. The summed E-state index contributed by atoms with van der Waals surface area (Å²) in [5.74, 6) is -0.291. The lowest BCUT2D eigenvalue weighted by Crippen LogP contribution is -1.99. The number of allylic oxidation sites excluding steroid dienone is 2. The molecule has 0 saturated heterocycles. The van der Waals surface area contributed by atoms with Crippen LogP contribution in [-0.2, 0) is 9.53 Å². The molecule has 0 aliphatic rings. The third-order valence-electron chi connectivity index (χ3n) is 0.860. The summed E-state index contributed by atoms with van der Waals surface area (Å²) >= 11 is 0. The molecule has 0 aliphatic carbocycles. The van der Waals surface area contributed by atoms with E-state index in [0.29, 0.717) is 6.61 Å².